The van der Waals surface area contributed by atoms with Crippen molar-refractivity contribution in [1.82, 2.24) is 0 Å². The first-order valence-electron chi connectivity index (χ1n) is 6.61. The van der Waals surface area contributed by atoms with E-state index in [1.165, 1.54) is 25.7 Å². The van der Waals surface area contributed by atoms with Gasteiger partial charge in [-0.25, -0.2) is 0 Å². The third kappa shape index (κ3) is 3.66. The van der Waals surface area contributed by atoms with Crippen LogP contribution in [0, 0.1) is 0 Å². The Morgan fingerprint density at radius 2 is 2.00 bits per heavy atom. The van der Waals surface area contributed by atoms with E-state index in [-0.39, 0.29) is 5.78 Å². The molecule has 0 atom stereocenters. The van der Waals surface area contributed by atoms with E-state index in [4.69, 9.17) is 9.47 Å². The van der Waals surface area contributed by atoms with Crippen molar-refractivity contribution >= 4 is 17.5 Å². The van der Waals surface area contributed by atoms with Gasteiger partial charge < -0.3 is 9.47 Å². The van der Waals surface area contributed by atoms with Gasteiger partial charge in [-0.15, -0.1) is 0 Å². The molecule has 0 heterocycles. The number of benzene rings is 1. The molecular formula is C15H20O3S. The predicted octanol–water partition coefficient (Wildman–Crippen LogP) is 3.56. The van der Waals surface area contributed by atoms with Crippen molar-refractivity contribution < 1.29 is 14.3 Å². The third-order valence-corrected chi connectivity index (χ3v) is 4.83. The van der Waals surface area contributed by atoms with Gasteiger partial charge in [-0.05, 0) is 25.0 Å². The number of rotatable bonds is 6. The molecule has 0 unspecified atom stereocenters. The van der Waals surface area contributed by atoms with Crippen molar-refractivity contribution in [3.05, 3.63) is 23.8 Å². The highest BCUT2D eigenvalue weighted by Gasteiger charge is 2.19. The summed E-state index contributed by atoms with van der Waals surface area (Å²) in [5.41, 5.74) is 0.647. The summed E-state index contributed by atoms with van der Waals surface area (Å²) in [4.78, 5) is 12.2. The minimum absolute atomic E-state index is 0.136. The lowest BCUT2D eigenvalue weighted by Crippen LogP contribution is -2.08. The van der Waals surface area contributed by atoms with Crippen LogP contribution in [0.3, 0.4) is 0 Å². The Morgan fingerprint density at radius 3 is 2.63 bits per heavy atom. The number of ether oxygens (including phenoxy) is 2. The van der Waals surface area contributed by atoms with E-state index in [0.717, 1.165) is 0 Å². The second kappa shape index (κ2) is 6.85. The molecule has 104 valence electrons. The molecule has 1 aromatic rings. The van der Waals surface area contributed by atoms with E-state index in [0.29, 0.717) is 28.1 Å². The second-order valence-corrected chi connectivity index (χ2v) is 6.00. The van der Waals surface area contributed by atoms with Crippen molar-refractivity contribution in [3.8, 4) is 11.5 Å². The van der Waals surface area contributed by atoms with E-state index in [1.54, 1.807) is 44.2 Å². The first-order valence-corrected chi connectivity index (χ1v) is 7.66. The average molecular weight is 280 g/mol. The lowest BCUT2D eigenvalue weighted by Gasteiger charge is -2.11. The number of thioether (sulfide) groups is 1. The molecule has 2 rings (SSSR count). The molecule has 0 radical (unpaired) electrons. The zero-order chi connectivity index (χ0) is 13.7. The smallest absolute Gasteiger partial charge is 0.176 e. The van der Waals surface area contributed by atoms with E-state index in [1.807, 2.05) is 0 Å². The van der Waals surface area contributed by atoms with Crippen LogP contribution in [-0.4, -0.2) is 31.0 Å². The number of hydrogen-bond acceptors (Lipinski definition) is 4. The lowest BCUT2D eigenvalue weighted by molar-refractivity contribution is 0.101. The minimum Gasteiger partial charge on any atom is -0.497 e. The van der Waals surface area contributed by atoms with Crippen LogP contribution in [0.1, 0.15) is 36.0 Å². The normalized spacial score (nSPS) is 15.5. The van der Waals surface area contributed by atoms with Crippen LogP contribution in [0.5, 0.6) is 11.5 Å². The summed E-state index contributed by atoms with van der Waals surface area (Å²) in [6, 6.07) is 5.35. The molecule has 1 aromatic carbocycles. The van der Waals surface area contributed by atoms with Gasteiger partial charge in [0.25, 0.3) is 0 Å². The number of carbonyl (C=O) groups is 1. The fourth-order valence-electron chi connectivity index (χ4n) is 2.36. The molecular weight excluding hydrogens is 260 g/mol. The molecule has 0 aromatic heterocycles. The van der Waals surface area contributed by atoms with E-state index >= 15 is 0 Å². The minimum atomic E-state index is 0.136. The van der Waals surface area contributed by atoms with E-state index < -0.39 is 0 Å². The maximum absolute atomic E-state index is 12.2. The average Bonchev–Trinajstić information content (AvgIpc) is 2.97. The molecule has 0 N–H and O–H groups in total. The second-order valence-electron chi connectivity index (χ2n) is 4.71. The van der Waals surface area contributed by atoms with Gasteiger partial charge >= 0.3 is 0 Å². The summed E-state index contributed by atoms with van der Waals surface area (Å²) >= 11 is 1.78. The lowest BCUT2D eigenvalue weighted by atomic mass is 10.1. The molecule has 0 spiro atoms. The Balaban J connectivity index is 2.01. The zero-order valence-corrected chi connectivity index (χ0v) is 12.3. The number of ketones is 1. The molecule has 1 aliphatic rings. The van der Waals surface area contributed by atoms with Crippen molar-refractivity contribution in [2.45, 2.75) is 30.9 Å². The van der Waals surface area contributed by atoms with E-state index in [2.05, 4.69) is 0 Å². The van der Waals surface area contributed by atoms with E-state index in [9.17, 15) is 4.79 Å². The predicted molar refractivity (Wildman–Crippen MR) is 78.6 cm³/mol. The summed E-state index contributed by atoms with van der Waals surface area (Å²) in [6.07, 6.45) is 5.10. The first-order chi connectivity index (χ1) is 9.24. The van der Waals surface area contributed by atoms with Crippen LogP contribution in [0.15, 0.2) is 18.2 Å². The summed E-state index contributed by atoms with van der Waals surface area (Å²) in [6.45, 7) is 0. The van der Waals surface area contributed by atoms with Gasteiger partial charge in [-0.3, -0.25) is 4.79 Å². The van der Waals surface area contributed by atoms with Gasteiger partial charge in [0.2, 0.25) is 0 Å². The molecule has 0 bridgehead atoms. The maximum Gasteiger partial charge on any atom is 0.176 e. The van der Waals surface area contributed by atoms with Gasteiger partial charge in [0.1, 0.15) is 11.5 Å². The Kier molecular flexibility index (Phi) is 5.14. The monoisotopic (exact) mass is 280 g/mol. The Morgan fingerprint density at radius 1 is 1.26 bits per heavy atom. The van der Waals surface area contributed by atoms with Crippen LogP contribution < -0.4 is 9.47 Å². The standard InChI is InChI=1S/C15H20O3S/c1-17-11-7-8-13(15(9-11)18-2)14(16)10-19-12-5-3-4-6-12/h7-9,12H,3-6,10H2,1-2H3. The molecule has 4 heteroatoms. The van der Waals surface area contributed by atoms with Crippen LogP contribution in [0.4, 0.5) is 0 Å². The van der Waals surface area contributed by atoms with Gasteiger partial charge in [-0.1, -0.05) is 12.8 Å². The fourth-order valence-corrected chi connectivity index (χ4v) is 3.56. The number of carbonyl (C=O) groups excluding carboxylic acids is 1. The van der Waals surface area contributed by atoms with Gasteiger partial charge in [-0.2, -0.15) is 11.8 Å². The molecule has 3 nitrogen and oxygen atoms in total. The molecule has 1 fully saturated rings. The Hall–Kier alpha value is -1.16. The number of Topliss-reactive ketones (excluding diaryl/α,β-unsaturated/α-hetero) is 1. The molecule has 0 amide bonds. The zero-order valence-electron chi connectivity index (χ0n) is 11.5. The van der Waals surface area contributed by atoms with Crippen molar-refractivity contribution in [2.24, 2.45) is 0 Å². The third-order valence-electron chi connectivity index (χ3n) is 3.46. The summed E-state index contributed by atoms with van der Waals surface area (Å²) in [5, 5.41) is 0.660. The molecule has 0 saturated heterocycles. The van der Waals surface area contributed by atoms with Crippen molar-refractivity contribution in [3.63, 3.8) is 0 Å². The molecule has 19 heavy (non-hydrogen) atoms. The van der Waals surface area contributed by atoms with Crippen LogP contribution >= 0.6 is 11.8 Å². The summed E-state index contributed by atoms with van der Waals surface area (Å²) in [5.74, 6) is 1.97. The largest absolute Gasteiger partial charge is 0.497 e. The quantitative estimate of drug-likeness (QED) is 0.746. The van der Waals surface area contributed by atoms with Gasteiger partial charge in [0, 0.05) is 11.3 Å². The topological polar surface area (TPSA) is 35.5 Å². The van der Waals surface area contributed by atoms with Crippen molar-refractivity contribution in [1.29, 1.82) is 0 Å². The molecule has 1 aliphatic carbocycles. The highest BCUT2D eigenvalue weighted by molar-refractivity contribution is 8.00. The Bertz CT molecular complexity index is 439. The molecule has 0 aliphatic heterocycles. The van der Waals surface area contributed by atoms with Crippen LogP contribution in [-0.2, 0) is 0 Å². The highest BCUT2D eigenvalue weighted by atomic mass is 32.2. The van der Waals surface area contributed by atoms with Crippen LogP contribution in [0.2, 0.25) is 0 Å². The summed E-state index contributed by atoms with van der Waals surface area (Å²) < 4.78 is 10.4. The van der Waals surface area contributed by atoms with Crippen LogP contribution in [0.25, 0.3) is 0 Å². The van der Waals surface area contributed by atoms with Crippen molar-refractivity contribution in [2.75, 3.05) is 20.0 Å². The molecule has 1 saturated carbocycles. The fraction of sp³-hybridized carbons (Fsp3) is 0.533. The number of methoxy groups -OCH3 is 2. The SMILES string of the molecule is COc1ccc(C(=O)CSC2CCCC2)c(OC)c1. The summed E-state index contributed by atoms with van der Waals surface area (Å²) in [7, 11) is 3.18. The maximum atomic E-state index is 12.2. The first kappa shape index (κ1) is 14.3. The highest BCUT2D eigenvalue weighted by Crippen LogP contribution is 2.31. The number of hydrogen-bond donors (Lipinski definition) is 0. The van der Waals surface area contributed by atoms with Gasteiger partial charge in [0.05, 0.1) is 25.5 Å². The van der Waals surface area contributed by atoms with Gasteiger partial charge in [0.15, 0.2) is 5.78 Å². The Labute approximate surface area is 118 Å².